The van der Waals surface area contributed by atoms with Crippen LogP contribution in [0.15, 0.2) is 0 Å². The van der Waals surface area contributed by atoms with Crippen LogP contribution in [-0.2, 0) is 47.1 Å². The predicted octanol–water partition coefficient (Wildman–Crippen LogP) is -5.24. The second-order valence-corrected chi connectivity index (χ2v) is 4.83. The number of hydrogen-bond acceptors (Lipinski definition) is 8. The van der Waals surface area contributed by atoms with Crippen molar-refractivity contribution in [1.82, 2.24) is 0 Å². The third-order valence-electron chi connectivity index (χ3n) is 0. The molecule has 11 heavy (non-hydrogen) atoms. The fourth-order valence-electron chi connectivity index (χ4n) is 0. The van der Waals surface area contributed by atoms with Crippen LogP contribution in [-0.4, -0.2) is 0 Å². The first-order chi connectivity index (χ1) is 4.00. The molecule has 0 bridgehead atoms. The maximum Gasteiger partial charge on any atom is 4.00 e. The van der Waals surface area contributed by atoms with Crippen LogP contribution in [0.3, 0.4) is 0 Å². The van der Waals surface area contributed by atoms with E-state index in [1.165, 1.54) is 0 Å². The summed E-state index contributed by atoms with van der Waals surface area (Å²) in [5.41, 5.74) is 0. The molecule has 0 atom stereocenters. The van der Waals surface area contributed by atoms with E-state index in [1.807, 2.05) is 0 Å². The van der Waals surface area contributed by atoms with Crippen LogP contribution in [0, 0.1) is 29.2 Å². The van der Waals surface area contributed by atoms with Crippen LogP contribution in [0.2, 0.25) is 0 Å². The zero-order chi connectivity index (χ0) is 9.00. The minimum Gasteiger partial charge on any atom is 4.00 e. The van der Waals surface area contributed by atoms with Gasteiger partial charge in [0.25, 0.3) is 0 Å². The second kappa shape index (κ2) is 6.87. The van der Waals surface area contributed by atoms with Gasteiger partial charge in [0.2, 0.25) is 0 Å². The monoisotopic (exact) mass is 562 g/mol. The van der Waals surface area contributed by atoms with Gasteiger partial charge < -0.3 is 0 Å². The van der Waals surface area contributed by atoms with Crippen molar-refractivity contribution < 1.29 is 91.3 Å². The summed E-state index contributed by atoms with van der Waals surface area (Å²) in [5, 5.41) is 0. The molecule has 11 heteroatoms. The van der Waals surface area contributed by atoms with Crippen molar-refractivity contribution in [2.75, 3.05) is 0 Å². The van der Waals surface area contributed by atoms with Crippen LogP contribution in [0.5, 0.6) is 0 Å². The Morgan fingerprint density at radius 2 is 0.636 bits per heavy atom. The van der Waals surface area contributed by atoms with Crippen molar-refractivity contribution in [1.29, 1.82) is 0 Å². The van der Waals surface area contributed by atoms with E-state index < -0.39 is 33.5 Å². The first-order valence-electron chi connectivity index (χ1n) is 1.33. The first-order valence-corrected chi connectivity index (χ1v) is 7.89. The molecular weight excluding hydrogens is 564 g/mol. The molecule has 0 aromatic carbocycles. The van der Waals surface area contributed by atoms with Crippen molar-refractivity contribution in [3.8, 4) is 0 Å². The Labute approximate surface area is 90.2 Å². The first kappa shape index (κ1) is 18.2. The maximum absolute atomic E-state index is 8.63. The molecule has 0 spiro atoms. The topological polar surface area (TPSA) is 161 Å². The summed E-state index contributed by atoms with van der Waals surface area (Å²) >= 11 is -12.0. The molecule has 0 unspecified atom stereocenters. The van der Waals surface area contributed by atoms with Crippen molar-refractivity contribution >= 4 is 0 Å². The zero-order valence-electron chi connectivity index (χ0n) is 4.49. The van der Waals surface area contributed by atoms with Gasteiger partial charge in [-0.2, -0.15) is 0 Å². The van der Waals surface area contributed by atoms with Gasteiger partial charge in [0.1, 0.15) is 0 Å². The summed E-state index contributed by atoms with van der Waals surface area (Å²) in [6.45, 7) is 0. The molecular formula is Mo2O8Pu. The minimum atomic E-state index is -6.02. The molecule has 0 saturated carbocycles. The third-order valence-corrected chi connectivity index (χ3v) is 0. The number of hydrogen-bond donors (Lipinski definition) is 0. The molecule has 0 aliphatic carbocycles. The average molecular weight is 564 g/mol. The van der Waals surface area contributed by atoms with E-state index in [9.17, 15) is 0 Å². The Morgan fingerprint density at radius 1 is 0.636 bits per heavy atom. The van der Waals surface area contributed by atoms with Gasteiger partial charge in [-0.15, -0.1) is 0 Å². The van der Waals surface area contributed by atoms with Crippen molar-refractivity contribution in [2.24, 2.45) is 0 Å². The molecule has 0 aliphatic heterocycles. The van der Waals surface area contributed by atoms with E-state index in [1.54, 1.807) is 0 Å². The Morgan fingerprint density at radius 3 is 0.636 bits per heavy atom. The van der Waals surface area contributed by atoms with E-state index in [0.717, 1.165) is 0 Å². The van der Waals surface area contributed by atoms with Crippen LogP contribution in [0.25, 0.3) is 0 Å². The summed E-state index contributed by atoms with van der Waals surface area (Å²) in [7, 11) is 0. The SMILES string of the molecule is [O]=[Mo](=[O])([O-])[O-].[O]=[Mo](=[O])([O-])[O-].[Pu+4]. The molecule has 66 valence electrons. The standard InChI is InChI=1S/2Mo.8O.Pu/q;;;;;;4*-1;+4. The van der Waals surface area contributed by atoms with Crippen LogP contribution in [0.4, 0.5) is 0 Å². The smallest absolute Gasteiger partial charge is 4.00 e. The average Bonchev–Trinajstić information content (AvgIpc) is 1.12. The fraction of sp³-hybridized carbons (Fsp3) is 0. The van der Waals surface area contributed by atoms with E-state index in [2.05, 4.69) is 0 Å². The molecule has 0 heterocycles. The van der Waals surface area contributed by atoms with Gasteiger partial charge in [0, 0.05) is 0 Å². The maximum atomic E-state index is 8.63. The van der Waals surface area contributed by atoms with Crippen LogP contribution < -0.4 is 15.0 Å². The van der Waals surface area contributed by atoms with Gasteiger partial charge in [-0.3, -0.25) is 0 Å². The van der Waals surface area contributed by atoms with Gasteiger partial charge in [-0.05, 0) is 0 Å². The molecule has 0 N–H and O–H groups in total. The molecule has 0 radical (unpaired) electrons. The second-order valence-electron chi connectivity index (χ2n) is 0.816. The van der Waals surface area contributed by atoms with Gasteiger partial charge in [0.15, 0.2) is 0 Å². The molecule has 0 rings (SSSR count). The predicted molar refractivity (Wildman–Crippen MR) is 2.75 cm³/mol. The summed E-state index contributed by atoms with van der Waals surface area (Å²) in [6.07, 6.45) is 0. The van der Waals surface area contributed by atoms with E-state index in [-0.39, 0.29) is 29.2 Å². The Balaban J connectivity index is -0.000000107. The fourth-order valence-corrected chi connectivity index (χ4v) is 0. The molecule has 0 saturated heterocycles. The largest absolute Gasteiger partial charge is 4.00 e. The summed E-state index contributed by atoms with van der Waals surface area (Å²) in [5.74, 6) is 0. The van der Waals surface area contributed by atoms with E-state index in [4.69, 9.17) is 28.6 Å². The normalized spacial score (nSPS) is 10.5. The van der Waals surface area contributed by atoms with Crippen molar-refractivity contribution in [2.45, 2.75) is 0 Å². The summed E-state index contributed by atoms with van der Waals surface area (Å²) in [6, 6.07) is 0. The zero-order valence-corrected chi connectivity index (χ0v) is 11.9. The number of rotatable bonds is 0. The van der Waals surface area contributed by atoms with Crippen LogP contribution in [0.1, 0.15) is 0 Å². The van der Waals surface area contributed by atoms with Gasteiger partial charge >= 0.3 is 91.3 Å². The molecule has 0 amide bonds. The summed E-state index contributed by atoms with van der Waals surface area (Å²) in [4.78, 5) is 0. The molecule has 0 aromatic rings. The van der Waals surface area contributed by atoms with Gasteiger partial charge in [-0.1, -0.05) is 0 Å². The van der Waals surface area contributed by atoms with Gasteiger partial charge in [-0.25, -0.2) is 0 Å². The van der Waals surface area contributed by atoms with Crippen molar-refractivity contribution in [3.05, 3.63) is 0 Å². The molecule has 0 fully saturated rings. The molecule has 8 nitrogen and oxygen atoms in total. The minimum absolute atomic E-state index is 0. The van der Waals surface area contributed by atoms with Gasteiger partial charge in [0.05, 0.1) is 0 Å². The quantitative estimate of drug-likeness (QED) is 0.264. The van der Waals surface area contributed by atoms with Crippen LogP contribution >= 0.6 is 0 Å². The summed E-state index contributed by atoms with van der Waals surface area (Å²) < 4.78 is 69.0. The third kappa shape index (κ3) is 512. The Hall–Kier alpha value is 1.40. The van der Waals surface area contributed by atoms with E-state index >= 15 is 0 Å². The molecule has 0 aromatic heterocycles. The Kier molecular flexibility index (Phi) is 11.4. The Bertz CT molecular complexity index is 208. The van der Waals surface area contributed by atoms with Crippen molar-refractivity contribution in [3.63, 3.8) is 0 Å². The molecule has 0 aliphatic rings. The van der Waals surface area contributed by atoms with E-state index in [0.29, 0.717) is 0 Å².